The molecule has 0 radical (unpaired) electrons. The molecule has 0 saturated carbocycles. The summed E-state index contributed by atoms with van der Waals surface area (Å²) in [7, 11) is 0. The molecule has 0 spiro atoms. The first-order valence-electron chi connectivity index (χ1n) is 7.16. The fraction of sp³-hybridized carbons (Fsp3) is 0.211. The van der Waals surface area contributed by atoms with E-state index in [-0.39, 0.29) is 0 Å². The summed E-state index contributed by atoms with van der Waals surface area (Å²) in [4.78, 5) is 4.44. The van der Waals surface area contributed by atoms with Gasteiger partial charge >= 0.3 is 0 Å². The number of hydrogen-bond acceptors (Lipinski definition) is 1. The highest BCUT2D eigenvalue weighted by Crippen LogP contribution is 2.22. The van der Waals surface area contributed by atoms with E-state index in [0.717, 1.165) is 11.3 Å². The second-order valence-corrected chi connectivity index (χ2v) is 4.04. The van der Waals surface area contributed by atoms with Crippen molar-refractivity contribution in [1.82, 2.24) is 4.98 Å². The molecule has 0 atom stereocenters. The molecule has 1 heterocycles. The van der Waals surface area contributed by atoms with Crippen LogP contribution in [0.3, 0.4) is 0 Å². The van der Waals surface area contributed by atoms with E-state index in [4.69, 9.17) is 0 Å². The summed E-state index contributed by atoms with van der Waals surface area (Å²) < 4.78 is 0. The maximum absolute atomic E-state index is 4.44. The summed E-state index contributed by atoms with van der Waals surface area (Å²) in [5.74, 6) is 0. The van der Waals surface area contributed by atoms with Crippen molar-refractivity contribution in [3.8, 4) is 11.3 Å². The van der Waals surface area contributed by atoms with E-state index >= 15 is 0 Å². The quantitative estimate of drug-likeness (QED) is 0.643. The monoisotopic (exact) mass is 265 g/mol. The van der Waals surface area contributed by atoms with Crippen molar-refractivity contribution in [1.29, 1.82) is 0 Å². The van der Waals surface area contributed by atoms with Gasteiger partial charge in [-0.15, -0.1) is 0 Å². The molecule has 104 valence electrons. The first-order chi connectivity index (χ1) is 9.85. The van der Waals surface area contributed by atoms with E-state index in [9.17, 15) is 0 Å². The smallest absolute Gasteiger partial charge is 0.0708 e. The van der Waals surface area contributed by atoms with Crippen LogP contribution in [0.5, 0.6) is 0 Å². The maximum Gasteiger partial charge on any atom is 0.0708 e. The molecule has 0 fully saturated rings. The Hall–Kier alpha value is -2.15. The highest BCUT2D eigenvalue weighted by atomic mass is 14.7. The molecule has 0 aliphatic carbocycles. The van der Waals surface area contributed by atoms with Crippen LogP contribution in [0.4, 0.5) is 0 Å². The van der Waals surface area contributed by atoms with Crippen LogP contribution < -0.4 is 0 Å². The second kappa shape index (κ2) is 8.87. The van der Waals surface area contributed by atoms with Gasteiger partial charge in [-0.05, 0) is 37.1 Å². The van der Waals surface area contributed by atoms with Crippen LogP contribution in [-0.2, 0) is 0 Å². The molecule has 0 aliphatic rings. The van der Waals surface area contributed by atoms with Crippen molar-refractivity contribution < 1.29 is 0 Å². The van der Waals surface area contributed by atoms with Gasteiger partial charge in [-0.25, -0.2) is 0 Å². The lowest BCUT2D eigenvalue weighted by Gasteiger charge is -2.05. The number of aromatic nitrogens is 1. The number of allylic oxidation sites excluding steroid dienone is 4. The van der Waals surface area contributed by atoms with E-state index in [2.05, 4.69) is 48.3 Å². The fourth-order valence-electron chi connectivity index (χ4n) is 1.92. The fourth-order valence-corrected chi connectivity index (χ4v) is 1.92. The van der Waals surface area contributed by atoms with Crippen LogP contribution in [0.1, 0.15) is 33.3 Å². The predicted molar refractivity (Wildman–Crippen MR) is 89.5 cm³/mol. The topological polar surface area (TPSA) is 12.9 Å². The molecule has 1 nitrogen and oxygen atoms in total. The minimum absolute atomic E-state index is 1.01. The van der Waals surface area contributed by atoms with E-state index in [0.29, 0.717) is 0 Å². The Balaban J connectivity index is 0.000000956. The Morgan fingerprint density at radius 1 is 1.00 bits per heavy atom. The largest absolute Gasteiger partial charge is 0.256 e. The number of hydrogen-bond donors (Lipinski definition) is 0. The lowest BCUT2D eigenvalue weighted by Crippen LogP contribution is -1.87. The molecule has 2 aromatic rings. The van der Waals surface area contributed by atoms with Crippen LogP contribution in [0.25, 0.3) is 16.8 Å². The number of benzene rings is 1. The normalized spacial score (nSPS) is 11.1. The van der Waals surface area contributed by atoms with Gasteiger partial charge in [-0.2, -0.15) is 0 Å². The van der Waals surface area contributed by atoms with Gasteiger partial charge in [0.25, 0.3) is 0 Å². The van der Waals surface area contributed by atoms with Crippen LogP contribution in [0.2, 0.25) is 0 Å². The lowest BCUT2D eigenvalue weighted by molar-refractivity contribution is 1.31. The zero-order valence-electron chi connectivity index (χ0n) is 12.8. The Labute approximate surface area is 122 Å². The summed E-state index contributed by atoms with van der Waals surface area (Å²) in [6.07, 6.45) is 8.15. The van der Waals surface area contributed by atoms with Crippen LogP contribution in [0, 0.1) is 0 Å². The highest BCUT2D eigenvalue weighted by Gasteiger charge is 2.01. The minimum atomic E-state index is 1.01. The minimum Gasteiger partial charge on any atom is -0.256 e. The van der Waals surface area contributed by atoms with Crippen molar-refractivity contribution in [3.05, 3.63) is 72.5 Å². The van der Waals surface area contributed by atoms with Crippen molar-refractivity contribution in [3.63, 3.8) is 0 Å². The molecule has 0 saturated heterocycles. The van der Waals surface area contributed by atoms with Crippen LogP contribution >= 0.6 is 0 Å². The molecule has 1 aromatic heterocycles. The third kappa shape index (κ3) is 4.20. The lowest BCUT2D eigenvalue weighted by atomic mass is 10.0. The molecular formula is C19H23N. The summed E-state index contributed by atoms with van der Waals surface area (Å²) in [6, 6.07) is 14.4. The Morgan fingerprint density at radius 2 is 1.70 bits per heavy atom. The third-order valence-electron chi connectivity index (χ3n) is 2.82. The van der Waals surface area contributed by atoms with Gasteiger partial charge in [0.1, 0.15) is 0 Å². The number of pyridine rings is 1. The van der Waals surface area contributed by atoms with Gasteiger partial charge in [0.2, 0.25) is 0 Å². The van der Waals surface area contributed by atoms with Crippen molar-refractivity contribution in [2.75, 3.05) is 0 Å². The van der Waals surface area contributed by atoms with Crippen molar-refractivity contribution >= 4 is 5.57 Å². The van der Waals surface area contributed by atoms with Crippen LogP contribution in [0.15, 0.2) is 66.9 Å². The molecule has 1 heteroatoms. The summed E-state index contributed by atoms with van der Waals surface area (Å²) in [6.45, 7) is 8.08. The molecule has 0 N–H and O–H groups in total. The molecule has 2 rings (SSSR count). The zero-order valence-corrected chi connectivity index (χ0v) is 12.8. The van der Waals surface area contributed by atoms with Gasteiger partial charge in [0.15, 0.2) is 0 Å². The SMILES string of the molecule is C/C=C\C(=C/C)c1ccnc(-c2ccccc2)c1.CC. The summed E-state index contributed by atoms with van der Waals surface area (Å²) in [5, 5.41) is 0. The Bertz CT molecular complexity index is 565. The summed E-state index contributed by atoms with van der Waals surface area (Å²) in [5.41, 5.74) is 4.58. The van der Waals surface area contributed by atoms with E-state index < -0.39 is 0 Å². The molecule has 0 aliphatic heterocycles. The molecular weight excluding hydrogens is 242 g/mol. The molecule has 0 amide bonds. The van der Waals surface area contributed by atoms with Gasteiger partial charge in [-0.3, -0.25) is 4.98 Å². The summed E-state index contributed by atoms with van der Waals surface area (Å²) >= 11 is 0. The van der Waals surface area contributed by atoms with Crippen molar-refractivity contribution in [2.24, 2.45) is 0 Å². The van der Waals surface area contributed by atoms with Gasteiger partial charge in [-0.1, -0.05) is 62.4 Å². The average molecular weight is 265 g/mol. The first-order valence-corrected chi connectivity index (χ1v) is 7.16. The van der Waals surface area contributed by atoms with Crippen molar-refractivity contribution in [2.45, 2.75) is 27.7 Å². The van der Waals surface area contributed by atoms with Gasteiger partial charge in [0.05, 0.1) is 5.69 Å². The third-order valence-corrected chi connectivity index (χ3v) is 2.82. The molecule has 0 bridgehead atoms. The van der Waals surface area contributed by atoms with E-state index in [1.807, 2.05) is 51.2 Å². The van der Waals surface area contributed by atoms with Gasteiger partial charge in [0, 0.05) is 11.8 Å². The van der Waals surface area contributed by atoms with E-state index in [1.54, 1.807) is 0 Å². The predicted octanol–water partition coefficient (Wildman–Crippen LogP) is 5.75. The Morgan fingerprint density at radius 3 is 2.30 bits per heavy atom. The molecule has 0 unspecified atom stereocenters. The van der Waals surface area contributed by atoms with E-state index in [1.165, 1.54) is 11.1 Å². The Kier molecular flexibility index (Phi) is 7.05. The zero-order chi connectivity index (χ0) is 14.8. The molecule has 20 heavy (non-hydrogen) atoms. The standard InChI is InChI=1S/C17H17N.C2H6/c1-3-8-14(4-2)16-11-12-18-17(13-16)15-9-6-5-7-10-15;1-2/h3-13H,1-2H3;1-2H3/b8-3-,14-4+;. The highest BCUT2D eigenvalue weighted by molar-refractivity contribution is 5.76. The molecule has 1 aromatic carbocycles. The second-order valence-electron chi connectivity index (χ2n) is 4.04. The first kappa shape index (κ1) is 15.9. The number of rotatable bonds is 3. The van der Waals surface area contributed by atoms with Gasteiger partial charge < -0.3 is 0 Å². The number of nitrogens with zero attached hydrogens (tertiary/aromatic N) is 1. The van der Waals surface area contributed by atoms with Crippen LogP contribution in [-0.4, -0.2) is 4.98 Å². The maximum atomic E-state index is 4.44. The average Bonchev–Trinajstić information content (AvgIpc) is 2.55.